The van der Waals surface area contributed by atoms with Crippen LogP contribution in [0.15, 0.2) is 54.3 Å². The first-order valence-electron chi connectivity index (χ1n) is 9.44. The van der Waals surface area contributed by atoms with Gasteiger partial charge in [-0.3, -0.25) is 9.59 Å². The lowest BCUT2D eigenvalue weighted by molar-refractivity contribution is -0.145. The molecule has 1 aromatic rings. The SMILES string of the molecule is COC(=O)COCC=CCN1C(=O)CCCC1=CCC(=O)Cc1ccccc1. The molecule has 2 rings (SSSR count). The molecule has 0 N–H and O–H groups in total. The van der Waals surface area contributed by atoms with Crippen LogP contribution in [0.3, 0.4) is 0 Å². The molecule has 1 fully saturated rings. The second-order valence-corrected chi connectivity index (χ2v) is 6.52. The highest BCUT2D eigenvalue weighted by Gasteiger charge is 2.21. The van der Waals surface area contributed by atoms with Gasteiger partial charge in [-0.15, -0.1) is 0 Å². The topological polar surface area (TPSA) is 72.9 Å². The standard InChI is InChI=1S/C22H27NO5/c1-27-22(26)17-28-15-6-5-14-23-19(10-7-11-21(23)25)12-13-20(24)16-18-8-3-2-4-9-18/h2-6,8-9,12H,7,10-11,13-17H2,1H3. The van der Waals surface area contributed by atoms with Crippen LogP contribution in [-0.2, 0) is 30.3 Å². The maximum atomic E-state index is 12.3. The van der Waals surface area contributed by atoms with E-state index in [1.54, 1.807) is 11.0 Å². The van der Waals surface area contributed by atoms with Crippen LogP contribution >= 0.6 is 0 Å². The summed E-state index contributed by atoms with van der Waals surface area (Å²) in [5.74, 6) is -0.235. The largest absolute Gasteiger partial charge is 0.467 e. The minimum absolute atomic E-state index is 0.0631. The van der Waals surface area contributed by atoms with Crippen molar-refractivity contribution >= 4 is 17.7 Å². The Morgan fingerprint density at radius 1 is 1.14 bits per heavy atom. The van der Waals surface area contributed by atoms with E-state index < -0.39 is 5.97 Å². The van der Waals surface area contributed by atoms with E-state index in [9.17, 15) is 14.4 Å². The molecule has 1 saturated heterocycles. The van der Waals surface area contributed by atoms with Crippen LogP contribution in [0.5, 0.6) is 0 Å². The number of allylic oxidation sites excluding steroid dienone is 2. The summed E-state index contributed by atoms with van der Waals surface area (Å²) < 4.78 is 9.63. The van der Waals surface area contributed by atoms with Gasteiger partial charge in [0.25, 0.3) is 0 Å². The van der Waals surface area contributed by atoms with Crippen LogP contribution in [0, 0.1) is 0 Å². The molecule has 28 heavy (non-hydrogen) atoms. The van der Waals surface area contributed by atoms with Gasteiger partial charge in [-0.25, -0.2) is 4.79 Å². The van der Waals surface area contributed by atoms with E-state index in [4.69, 9.17) is 4.74 Å². The molecule has 0 atom stereocenters. The van der Waals surface area contributed by atoms with Crippen LogP contribution in [0.1, 0.15) is 31.2 Å². The number of benzene rings is 1. The maximum absolute atomic E-state index is 12.3. The molecular weight excluding hydrogens is 358 g/mol. The summed E-state index contributed by atoms with van der Waals surface area (Å²) >= 11 is 0. The van der Waals surface area contributed by atoms with Gasteiger partial charge in [-0.05, 0) is 18.4 Å². The van der Waals surface area contributed by atoms with E-state index in [1.165, 1.54) is 7.11 Å². The summed E-state index contributed by atoms with van der Waals surface area (Å²) in [6, 6.07) is 9.65. The third kappa shape index (κ3) is 7.48. The molecule has 0 bridgehead atoms. The lowest BCUT2D eigenvalue weighted by atomic mass is 10.0. The van der Waals surface area contributed by atoms with E-state index >= 15 is 0 Å². The number of hydrogen-bond acceptors (Lipinski definition) is 5. The molecule has 0 radical (unpaired) electrons. The first-order chi connectivity index (χ1) is 13.6. The Bertz CT molecular complexity index is 724. The number of methoxy groups -OCH3 is 1. The first-order valence-corrected chi connectivity index (χ1v) is 9.44. The molecule has 1 aliphatic rings. The maximum Gasteiger partial charge on any atom is 0.331 e. The lowest BCUT2D eigenvalue weighted by Crippen LogP contribution is -2.33. The van der Waals surface area contributed by atoms with Gasteiger partial charge >= 0.3 is 5.97 Å². The Kier molecular flexibility index (Phi) is 9.15. The van der Waals surface area contributed by atoms with Crippen molar-refractivity contribution in [3.63, 3.8) is 0 Å². The highest BCUT2D eigenvalue weighted by molar-refractivity contribution is 5.83. The van der Waals surface area contributed by atoms with Crippen LogP contribution in [0.25, 0.3) is 0 Å². The average molecular weight is 385 g/mol. The molecule has 1 aromatic carbocycles. The van der Waals surface area contributed by atoms with Crippen molar-refractivity contribution in [2.24, 2.45) is 0 Å². The second kappa shape index (κ2) is 11.9. The Balaban J connectivity index is 1.84. The Morgan fingerprint density at radius 3 is 2.68 bits per heavy atom. The smallest absolute Gasteiger partial charge is 0.331 e. The fraction of sp³-hybridized carbons (Fsp3) is 0.409. The number of carbonyl (C=O) groups is 3. The summed E-state index contributed by atoms with van der Waals surface area (Å²) in [5, 5.41) is 0. The molecule has 150 valence electrons. The molecular formula is C22H27NO5. The lowest BCUT2D eigenvalue weighted by Gasteiger charge is -2.29. The van der Waals surface area contributed by atoms with Crippen molar-refractivity contribution in [2.45, 2.75) is 32.1 Å². The number of ketones is 1. The number of carbonyl (C=O) groups excluding carboxylic acids is 3. The molecule has 0 aliphatic carbocycles. The highest BCUT2D eigenvalue weighted by atomic mass is 16.6. The molecule has 1 aliphatic heterocycles. The number of esters is 1. The molecule has 1 heterocycles. The van der Waals surface area contributed by atoms with Crippen molar-refractivity contribution in [3.05, 3.63) is 59.8 Å². The number of amides is 1. The van der Waals surface area contributed by atoms with Crippen molar-refractivity contribution in [1.29, 1.82) is 0 Å². The van der Waals surface area contributed by atoms with Gasteiger partial charge in [0.15, 0.2) is 0 Å². The van der Waals surface area contributed by atoms with Gasteiger partial charge in [0.2, 0.25) is 5.91 Å². The van der Waals surface area contributed by atoms with E-state index in [1.807, 2.05) is 42.5 Å². The predicted octanol–water partition coefficient (Wildman–Crippen LogP) is 2.83. The van der Waals surface area contributed by atoms with Gasteiger partial charge in [-0.2, -0.15) is 0 Å². The summed E-state index contributed by atoms with van der Waals surface area (Å²) in [7, 11) is 1.31. The van der Waals surface area contributed by atoms with Crippen molar-refractivity contribution in [3.8, 4) is 0 Å². The van der Waals surface area contributed by atoms with Gasteiger partial charge in [0.1, 0.15) is 12.4 Å². The fourth-order valence-electron chi connectivity index (χ4n) is 2.93. The van der Waals surface area contributed by atoms with E-state index in [-0.39, 0.29) is 24.9 Å². The minimum atomic E-state index is -0.426. The van der Waals surface area contributed by atoms with Gasteiger partial charge in [-0.1, -0.05) is 48.6 Å². The molecule has 6 nitrogen and oxygen atoms in total. The zero-order chi connectivity index (χ0) is 20.2. The molecule has 0 spiro atoms. The third-order valence-corrected chi connectivity index (χ3v) is 4.40. The van der Waals surface area contributed by atoms with Gasteiger partial charge < -0.3 is 14.4 Å². The molecule has 1 amide bonds. The average Bonchev–Trinajstić information content (AvgIpc) is 2.70. The van der Waals surface area contributed by atoms with Gasteiger partial charge in [0.05, 0.1) is 13.7 Å². The van der Waals surface area contributed by atoms with Crippen molar-refractivity contribution in [1.82, 2.24) is 4.90 Å². The van der Waals surface area contributed by atoms with E-state index in [2.05, 4.69) is 4.74 Å². The van der Waals surface area contributed by atoms with Gasteiger partial charge in [0, 0.05) is 31.5 Å². The minimum Gasteiger partial charge on any atom is -0.467 e. The quantitative estimate of drug-likeness (QED) is 0.352. The Labute approximate surface area is 165 Å². The molecule has 0 aromatic heterocycles. The summed E-state index contributed by atoms with van der Waals surface area (Å²) in [6.45, 7) is 0.600. The number of rotatable bonds is 10. The van der Waals surface area contributed by atoms with E-state index in [0.717, 1.165) is 24.1 Å². The number of nitrogens with zero attached hydrogens (tertiary/aromatic N) is 1. The van der Waals surface area contributed by atoms with Crippen molar-refractivity contribution < 1.29 is 23.9 Å². The van der Waals surface area contributed by atoms with Crippen LogP contribution < -0.4 is 0 Å². The van der Waals surface area contributed by atoms with Crippen LogP contribution in [0.4, 0.5) is 0 Å². The van der Waals surface area contributed by atoms with E-state index in [0.29, 0.717) is 25.8 Å². The Hall–Kier alpha value is -2.73. The number of Topliss-reactive ketones (excluding diaryl/α,β-unsaturated/α-hetero) is 1. The number of likely N-dealkylation sites (tertiary alicyclic amines) is 1. The predicted molar refractivity (Wildman–Crippen MR) is 105 cm³/mol. The number of piperidine rings is 1. The number of ether oxygens (including phenoxy) is 2. The third-order valence-electron chi connectivity index (χ3n) is 4.40. The molecule has 6 heteroatoms. The first kappa shape index (κ1) is 21.6. The highest BCUT2D eigenvalue weighted by Crippen LogP contribution is 2.22. The van der Waals surface area contributed by atoms with Crippen molar-refractivity contribution in [2.75, 3.05) is 26.9 Å². The van der Waals surface area contributed by atoms with Crippen LogP contribution in [-0.4, -0.2) is 49.4 Å². The fourth-order valence-corrected chi connectivity index (χ4v) is 2.93. The normalized spacial score (nSPS) is 16.0. The zero-order valence-corrected chi connectivity index (χ0v) is 16.3. The zero-order valence-electron chi connectivity index (χ0n) is 16.3. The summed E-state index contributed by atoms with van der Waals surface area (Å²) in [4.78, 5) is 37.2. The number of hydrogen-bond donors (Lipinski definition) is 0. The monoisotopic (exact) mass is 385 g/mol. The summed E-state index contributed by atoms with van der Waals surface area (Å²) in [5.41, 5.74) is 1.90. The Morgan fingerprint density at radius 2 is 1.93 bits per heavy atom. The molecule has 0 unspecified atom stereocenters. The summed E-state index contributed by atoms with van der Waals surface area (Å²) in [6.07, 6.45) is 8.31. The van der Waals surface area contributed by atoms with Crippen LogP contribution in [0.2, 0.25) is 0 Å². The molecule has 0 saturated carbocycles. The second-order valence-electron chi connectivity index (χ2n) is 6.52.